The predicted molar refractivity (Wildman–Crippen MR) is 80.6 cm³/mol. The van der Waals surface area contributed by atoms with Crippen molar-refractivity contribution in [2.75, 3.05) is 0 Å². The topological polar surface area (TPSA) is 34.9 Å². The highest BCUT2D eigenvalue weighted by atomic mass is 35.5. The first-order valence-electron chi connectivity index (χ1n) is 6.75. The summed E-state index contributed by atoms with van der Waals surface area (Å²) >= 11 is 5.65. The number of alkyl halides is 3. The van der Waals surface area contributed by atoms with Crippen LogP contribution in [0.3, 0.4) is 0 Å². The van der Waals surface area contributed by atoms with E-state index in [4.69, 9.17) is 11.6 Å². The number of aromatic nitrogens is 2. The molecule has 0 aliphatic heterocycles. The van der Waals surface area contributed by atoms with Gasteiger partial charge in [0.05, 0.1) is 29.4 Å². The summed E-state index contributed by atoms with van der Waals surface area (Å²) in [4.78, 5) is 10.8. The summed E-state index contributed by atoms with van der Waals surface area (Å²) in [6, 6.07) is 5.83. The lowest BCUT2D eigenvalue weighted by Crippen LogP contribution is -2.12. The Bertz CT molecular complexity index is 934. The van der Waals surface area contributed by atoms with E-state index in [-0.39, 0.29) is 22.7 Å². The van der Waals surface area contributed by atoms with Gasteiger partial charge in [-0.1, -0.05) is 17.7 Å². The van der Waals surface area contributed by atoms with Crippen molar-refractivity contribution >= 4 is 28.8 Å². The van der Waals surface area contributed by atoms with E-state index in [1.807, 2.05) is 0 Å². The molecule has 8 heteroatoms. The van der Waals surface area contributed by atoms with Crippen LogP contribution in [0.15, 0.2) is 36.5 Å². The van der Waals surface area contributed by atoms with Crippen LogP contribution < -0.4 is 0 Å². The minimum absolute atomic E-state index is 0.0296. The van der Waals surface area contributed by atoms with Gasteiger partial charge in [-0.3, -0.25) is 9.48 Å². The lowest BCUT2D eigenvalue weighted by atomic mass is 10.1. The number of rotatable bonds is 3. The molecule has 124 valence electrons. The number of benzene rings is 2. The highest BCUT2D eigenvalue weighted by molar-refractivity contribution is 6.30. The van der Waals surface area contributed by atoms with Gasteiger partial charge < -0.3 is 0 Å². The second kappa shape index (κ2) is 5.90. The molecule has 0 spiro atoms. The molecule has 0 bridgehead atoms. The fourth-order valence-electron chi connectivity index (χ4n) is 2.45. The molecule has 0 fully saturated rings. The largest absolute Gasteiger partial charge is 0.416 e. The van der Waals surface area contributed by atoms with Crippen LogP contribution in [0.25, 0.3) is 10.9 Å². The third-order valence-corrected chi connectivity index (χ3v) is 3.82. The van der Waals surface area contributed by atoms with Crippen molar-refractivity contribution in [3.8, 4) is 0 Å². The van der Waals surface area contributed by atoms with Gasteiger partial charge in [0.25, 0.3) is 0 Å². The standard InChI is InChI=1S/C16H9ClF4N2O/c17-12-2-1-9(13(4-12)16(19,20)21)7-23-15-5-14(18)11(8-24)3-10(15)6-22-23/h1-6,8H,7H2. The van der Waals surface area contributed by atoms with Crippen LogP contribution >= 0.6 is 11.6 Å². The number of carbonyl (C=O) groups excluding carboxylic acids is 1. The lowest BCUT2D eigenvalue weighted by molar-refractivity contribution is -0.138. The number of halogens is 5. The van der Waals surface area contributed by atoms with Crippen LogP contribution in [-0.2, 0) is 12.7 Å². The zero-order valence-corrected chi connectivity index (χ0v) is 12.7. The fourth-order valence-corrected chi connectivity index (χ4v) is 2.62. The summed E-state index contributed by atoms with van der Waals surface area (Å²) in [5, 5.41) is 4.42. The molecule has 0 aliphatic carbocycles. The molecule has 3 nitrogen and oxygen atoms in total. The molecule has 0 unspecified atom stereocenters. The molecule has 0 radical (unpaired) electrons. The molecule has 0 saturated carbocycles. The van der Waals surface area contributed by atoms with Crippen molar-refractivity contribution in [2.24, 2.45) is 0 Å². The smallest absolute Gasteiger partial charge is 0.298 e. The molecule has 3 rings (SSSR count). The first kappa shape index (κ1) is 16.4. The number of nitrogens with zero attached hydrogens (tertiary/aromatic N) is 2. The third kappa shape index (κ3) is 2.99. The summed E-state index contributed by atoms with van der Waals surface area (Å²) in [6.07, 6.45) is -2.84. The SMILES string of the molecule is O=Cc1cc2cnn(Cc3ccc(Cl)cc3C(F)(F)F)c2cc1F. The van der Waals surface area contributed by atoms with Gasteiger partial charge in [0.15, 0.2) is 6.29 Å². The highest BCUT2D eigenvalue weighted by Crippen LogP contribution is 2.34. The van der Waals surface area contributed by atoms with Crippen LogP contribution in [0.5, 0.6) is 0 Å². The van der Waals surface area contributed by atoms with Gasteiger partial charge in [-0.05, 0) is 23.8 Å². The number of fused-ring (bicyclic) bond motifs is 1. The van der Waals surface area contributed by atoms with E-state index in [0.717, 1.165) is 12.1 Å². The summed E-state index contributed by atoms with van der Waals surface area (Å²) in [6.45, 7) is -0.213. The minimum atomic E-state index is -4.57. The molecule has 1 heterocycles. The Morgan fingerprint density at radius 2 is 1.96 bits per heavy atom. The molecule has 3 aromatic rings. The molecule has 0 saturated heterocycles. The minimum Gasteiger partial charge on any atom is -0.298 e. The molecule has 0 atom stereocenters. The van der Waals surface area contributed by atoms with Gasteiger partial charge in [-0.2, -0.15) is 18.3 Å². The van der Waals surface area contributed by atoms with Crippen molar-refractivity contribution in [2.45, 2.75) is 12.7 Å². The number of hydrogen-bond donors (Lipinski definition) is 0. The van der Waals surface area contributed by atoms with E-state index in [1.165, 1.54) is 29.1 Å². The second-order valence-corrected chi connectivity index (χ2v) is 5.59. The monoisotopic (exact) mass is 356 g/mol. The van der Waals surface area contributed by atoms with Gasteiger partial charge in [0.1, 0.15) is 5.82 Å². The normalized spacial score (nSPS) is 11.9. The van der Waals surface area contributed by atoms with E-state index in [1.54, 1.807) is 0 Å². The van der Waals surface area contributed by atoms with Crippen LogP contribution in [-0.4, -0.2) is 16.1 Å². The quantitative estimate of drug-likeness (QED) is 0.503. The van der Waals surface area contributed by atoms with E-state index in [0.29, 0.717) is 17.2 Å². The summed E-state index contributed by atoms with van der Waals surface area (Å²) < 4.78 is 54.4. The Kier molecular flexibility index (Phi) is 4.04. The van der Waals surface area contributed by atoms with Crippen molar-refractivity contribution in [3.05, 3.63) is 64.1 Å². The summed E-state index contributed by atoms with van der Waals surface area (Å²) in [5.74, 6) is -0.758. The van der Waals surface area contributed by atoms with Crippen molar-refractivity contribution in [1.29, 1.82) is 0 Å². The zero-order chi connectivity index (χ0) is 17.5. The van der Waals surface area contributed by atoms with Crippen molar-refractivity contribution in [3.63, 3.8) is 0 Å². The zero-order valence-electron chi connectivity index (χ0n) is 11.9. The molecule has 1 aromatic heterocycles. The Labute approximate surface area is 138 Å². The third-order valence-electron chi connectivity index (χ3n) is 3.58. The van der Waals surface area contributed by atoms with Gasteiger partial charge in [-0.25, -0.2) is 4.39 Å². The molecule has 0 N–H and O–H groups in total. The maximum atomic E-state index is 13.8. The maximum absolute atomic E-state index is 13.8. The lowest BCUT2D eigenvalue weighted by Gasteiger charge is -2.14. The summed E-state index contributed by atoms with van der Waals surface area (Å²) in [5.41, 5.74) is -0.758. The first-order chi connectivity index (χ1) is 11.3. The average molecular weight is 357 g/mol. The second-order valence-electron chi connectivity index (χ2n) is 5.15. The Hall–Kier alpha value is -2.41. The maximum Gasteiger partial charge on any atom is 0.416 e. The fraction of sp³-hybridized carbons (Fsp3) is 0.125. The van der Waals surface area contributed by atoms with E-state index < -0.39 is 17.6 Å². The van der Waals surface area contributed by atoms with E-state index >= 15 is 0 Å². The number of aldehydes is 1. The van der Waals surface area contributed by atoms with Crippen molar-refractivity contribution < 1.29 is 22.4 Å². The van der Waals surface area contributed by atoms with Crippen LogP contribution in [0.4, 0.5) is 17.6 Å². The molecule has 2 aromatic carbocycles. The Balaban J connectivity index is 2.08. The Morgan fingerprint density at radius 1 is 1.21 bits per heavy atom. The van der Waals surface area contributed by atoms with Crippen molar-refractivity contribution in [1.82, 2.24) is 9.78 Å². The highest BCUT2D eigenvalue weighted by Gasteiger charge is 2.33. The molecule has 24 heavy (non-hydrogen) atoms. The Morgan fingerprint density at radius 3 is 2.62 bits per heavy atom. The van der Waals surface area contributed by atoms with Gasteiger partial charge in [-0.15, -0.1) is 0 Å². The van der Waals surface area contributed by atoms with Gasteiger partial charge in [0.2, 0.25) is 0 Å². The van der Waals surface area contributed by atoms with Crippen LogP contribution in [0.2, 0.25) is 5.02 Å². The number of hydrogen-bond acceptors (Lipinski definition) is 2. The molecular weight excluding hydrogens is 348 g/mol. The van der Waals surface area contributed by atoms with Crippen LogP contribution in [0.1, 0.15) is 21.5 Å². The van der Waals surface area contributed by atoms with E-state index in [2.05, 4.69) is 5.10 Å². The summed E-state index contributed by atoms with van der Waals surface area (Å²) in [7, 11) is 0. The molecule has 0 aliphatic rings. The first-order valence-corrected chi connectivity index (χ1v) is 7.13. The predicted octanol–water partition coefficient (Wildman–Crippen LogP) is 4.71. The molecular formula is C16H9ClF4N2O. The average Bonchev–Trinajstić information content (AvgIpc) is 2.89. The molecule has 0 amide bonds. The van der Waals surface area contributed by atoms with Crippen LogP contribution in [0, 0.1) is 5.82 Å². The van der Waals surface area contributed by atoms with Gasteiger partial charge >= 0.3 is 6.18 Å². The van der Waals surface area contributed by atoms with Gasteiger partial charge in [0, 0.05) is 16.5 Å². The number of carbonyl (C=O) groups is 1. The van der Waals surface area contributed by atoms with E-state index in [9.17, 15) is 22.4 Å².